The van der Waals surface area contributed by atoms with Gasteiger partial charge in [0.25, 0.3) is 5.91 Å². The molecule has 8 nitrogen and oxygen atoms in total. The molecule has 1 aliphatic heterocycles. The van der Waals surface area contributed by atoms with Crippen LogP contribution in [0.4, 0.5) is 5.69 Å². The molecule has 1 aliphatic rings. The zero-order chi connectivity index (χ0) is 16.3. The van der Waals surface area contributed by atoms with Crippen molar-refractivity contribution in [3.63, 3.8) is 0 Å². The van der Waals surface area contributed by atoms with Crippen molar-refractivity contribution in [3.05, 3.63) is 29.3 Å². The zero-order valence-electron chi connectivity index (χ0n) is 11.5. The van der Waals surface area contributed by atoms with Gasteiger partial charge in [-0.1, -0.05) is 0 Å². The van der Waals surface area contributed by atoms with Gasteiger partial charge in [-0.25, -0.2) is 4.79 Å². The summed E-state index contributed by atoms with van der Waals surface area (Å²) in [5.74, 6) is -3.23. The summed E-state index contributed by atoms with van der Waals surface area (Å²) in [5, 5.41) is 22.5. The molecule has 1 aromatic rings. The lowest BCUT2D eigenvalue weighted by atomic mass is 10.1. The predicted octanol–water partition coefficient (Wildman–Crippen LogP) is 0.229. The van der Waals surface area contributed by atoms with Crippen molar-refractivity contribution >= 4 is 29.4 Å². The van der Waals surface area contributed by atoms with Crippen molar-refractivity contribution in [1.82, 2.24) is 5.32 Å². The number of aliphatic carboxylic acids is 2. The Morgan fingerprint density at radius 2 is 2.00 bits per heavy atom. The Morgan fingerprint density at radius 3 is 2.64 bits per heavy atom. The van der Waals surface area contributed by atoms with Crippen molar-refractivity contribution in [3.8, 4) is 0 Å². The Hall–Kier alpha value is -2.90. The number of carboxylic acid groups (broad SMARTS) is 2. The normalized spacial score (nSPS) is 13.9. The molecule has 22 heavy (non-hydrogen) atoms. The SMILES string of the molecule is O=C(O)CCC(NC(=O)c1ccc2c(c1)CC(=O)N2)C(=O)O. The van der Waals surface area contributed by atoms with Crippen LogP contribution in [0, 0.1) is 0 Å². The second-order valence-electron chi connectivity index (χ2n) is 4.89. The topological polar surface area (TPSA) is 133 Å². The summed E-state index contributed by atoms with van der Waals surface area (Å²) in [6.07, 6.45) is -0.404. The number of hydrogen-bond donors (Lipinski definition) is 4. The van der Waals surface area contributed by atoms with E-state index >= 15 is 0 Å². The van der Waals surface area contributed by atoms with Crippen LogP contribution in [0.15, 0.2) is 18.2 Å². The fourth-order valence-electron chi connectivity index (χ4n) is 2.14. The maximum atomic E-state index is 12.1. The number of nitrogens with one attached hydrogen (secondary N) is 2. The summed E-state index contributed by atoms with van der Waals surface area (Å²) in [6.45, 7) is 0. The van der Waals surface area contributed by atoms with Crippen LogP contribution in [0.3, 0.4) is 0 Å². The summed E-state index contributed by atoms with van der Waals surface area (Å²) >= 11 is 0. The van der Waals surface area contributed by atoms with Gasteiger partial charge in [0.05, 0.1) is 6.42 Å². The largest absolute Gasteiger partial charge is 0.481 e. The van der Waals surface area contributed by atoms with E-state index in [4.69, 9.17) is 10.2 Å². The minimum atomic E-state index is -1.30. The minimum absolute atomic E-state index is 0.165. The Bertz CT molecular complexity index is 655. The summed E-state index contributed by atoms with van der Waals surface area (Å²) in [4.78, 5) is 44.9. The Morgan fingerprint density at radius 1 is 1.27 bits per heavy atom. The fourth-order valence-corrected chi connectivity index (χ4v) is 2.14. The first kappa shape index (κ1) is 15.5. The van der Waals surface area contributed by atoms with E-state index in [2.05, 4.69) is 10.6 Å². The third kappa shape index (κ3) is 3.60. The van der Waals surface area contributed by atoms with E-state index in [1.165, 1.54) is 12.1 Å². The summed E-state index contributed by atoms with van der Waals surface area (Å²) < 4.78 is 0. The third-order valence-corrected chi connectivity index (χ3v) is 3.24. The minimum Gasteiger partial charge on any atom is -0.481 e. The maximum Gasteiger partial charge on any atom is 0.326 e. The highest BCUT2D eigenvalue weighted by molar-refractivity contribution is 6.02. The van der Waals surface area contributed by atoms with Crippen molar-refractivity contribution < 1.29 is 29.4 Å². The highest BCUT2D eigenvalue weighted by Gasteiger charge is 2.23. The van der Waals surface area contributed by atoms with E-state index in [1.54, 1.807) is 6.07 Å². The zero-order valence-corrected chi connectivity index (χ0v) is 11.5. The molecule has 2 rings (SSSR count). The van der Waals surface area contributed by atoms with E-state index in [0.717, 1.165) is 0 Å². The van der Waals surface area contributed by atoms with Crippen molar-refractivity contribution in [1.29, 1.82) is 0 Å². The predicted molar refractivity (Wildman–Crippen MR) is 74.5 cm³/mol. The first-order valence-electron chi connectivity index (χ1n) is 6.55. The Balaban J connectivity index is 2.07. The molecule has 0 radical (unpaired) electrons. The molecular formula is C14H14N2O6. The van der Waals surface area contributed by atoms with Crippen molar-refractivity contribution in [2.75, 3.05) is 5.32 Å². The third-order valence-electron chi connectivity index (χ3n) is 3.24. The second kappa shape index (κ2) is 6.25. The lowest BCUT2D eigenvalue weighted by molar-refractivity contribution is -0.140. The van der Waals surface area contributed by atoms with Gasteiger partial charge in [0.2, 0.25) is 5.91 Å². The summed E-state index contributed by atoms with van der Waals surface area (Å²) in [5.41, 5.74) is 1.51. The van der Waals surface area contributed by atoms with Crippen molar-refractivity contribution in [2.45, 2.75) is 25.3 Å². The molecular weight excluding hydrogens is 292 g/mol. The van der Waals surface area contributed by atoms with Gasteiger partial charge in [0.15, 0.2) is 0 Å². The standard InChI is InChI=1S/C14H14N2O6/c17-11-6-8-5-7(1-2-9(8)15-11)13(20)16-10(14(21)22)3-4-12(18)19/h1-2,5,10H,3-4,6H2,(H,15,17)(H,16,20)(H,18,19)(H,21,22). The highest BCUT2D eigenvalue weighted by atomic mass is 16.4. The second-order valence-corrected chi connectivity index (χ2v) is 4.89. The lowest BCUT2D eigenvalue weighted by Gasteiger charge is -2.14. The molecule has 1 aromatic carbocycles. The van der Waals surface area contributed by atoms with E-state index in [-0.39, 0.29) is 30.7 Å². The number of fused-ring (bicyclic) bond motifs is 1. The molecule has 0 spiro atoms. The molecule has 4 N–H and O–H groups in total. The number of benzene rings is 1. The number of anilines is 1. The van der Waals surface area contributed by atoms with E-state index in [9.17, 15) is 19.2 Å². The van der Waals surface area contributed by atoms with Crippen LogP contribution in [0.1, 0.15) is 28.8 Å². The van der Waals surface area contributed by atoms with E-state index in [1.807, 2.05) is 0 Å². The van der Waals surface area contributed by atoms with Gasteiger partial charge in [-0.15, -0.1) is 0 Å². The summed E-state index contributed by atoms with van der Waals surface area (Å²) in [6, 6.07) is 3.27. The molecule has 0 aliphatic carbocycles. The van der Waals surface area contributed by atoms with Gasteiger partial charge in [-0.05, 0) is 30.2 Å². The molecule has 1 unspecified atom stereocenters. The molecule has 8 heteroatoms. The number of rotatable bonds is 6. The monoisotopic (exact) mass is 306 g/mol. The van der Waals surface area contributed by atoms with Gasteiger partial charge in [0.1, 0.15) is 6.04 Å². The molecule has 0 aromatic heterocycles. The first-order chi connectivity index (χ1) is 10.4. The quantitative estimate of drug-likeness (QED) is 0.594. The van der Waals surface area contributed by atoms with Crippen LogP contribution < -0.4 is 10.6 Å². The molecule has 1 atom stereocenters. The number of hydrogen-bond acceptors (Lipinski definition) is 4. The molecule has 0 fully saturated rings. The van der Waals surface area contributed by atoms with Crippen LogP contribution in [0.5, 0.6) is 0 Å². The van der Waals surface area contributed by atoms with Gasteiger partial charge < -0.3 is 20.8 Å². The van der Waals surface area contributed by atoms with Gasteiger partial charge in [-0.2, -0.15) is 0 Å². The Kier molecular flexibility index (Phi) is 4.40. The molecule has 2 amide bonds. The molecule has 0 saturated carbocycles. The van der Waals surface area contributed by atoms with Gasteiger partial charge in [0, 0.05) is 17.7 Å². The van der Waals surface area contributed by atoms with Crippen LogP contribution in [0.25, 0.3) is 0 Å². The Labute approximate surface area is 125 Å². The number of carbonyl (C=O) groups excluding carboxylic acids is 2. The van der Waals surface area contributed by atoms with Crippen LogP contribution in [-0.2, 0) is 20.8 Å². The molecule has 0 saturated heterocycles. The van der Waals surface area contributed by atoms with Gasteiger partial charge >= 0.3 is 11.9 Å². The van der Waals surface area contributed by atoms with E-state index in [0.29, 0.717) is 11.3 Å². The fraction of sp³-hybridized carbons (Fsp3) is 0.286. The van der Waals surface area contributed by atoms with Crippen LogP contribution in [0.2, 0.25) is 0 Å². The van der Waals surface area contributed by atoms with Crippen molar-refractivity contribution in [2.24, 2.45) is 0 Å². The number of carbonyl (C=O) groups is 4. The van der Waals surface area contributed by atoms with Gasteiger partial charge in [-0.3, -0.25) is 14.4 Å². The highest BCUT2D eigenvalue weighted by Crippen LogP contribution is 2.23. The molecule has 0 bridgehead atoms. The lowest BCUT2D eigenvalue weighted by Crippen LogP contribution is -2.41. The number of amides is 2. The maximum absolute atomic E-state index is 12.1. The molecule has 116 valence electrons. The van der Waals surface area contributed by atoms with Crippen LogP contribution >= 0.6 is 0 Å². The number of carboxylic acids is 2. The average molecular weight is 306 g/mol. The first-order valence-corrected chi connectivity index (χ1v) is 6.55. The smallest absolute Gasteiger partial charge is 0.326 e. The van der Waals surface area contributed by atoms with E-state index < -0.39 is 23.9 Å². The van der Waals surface area contributed by atoms with Crippen LogP contribution in [-0.4, -0.2) is 40.0 Å². The molecule has 1 heterocycles. The summed E-state index contributed by atoms with van der Waals surface area (Å²) in [7, 11) is 0. The average Bonchev–Trinajstić information content (AvgIpc) is 2.81.